The second-order valence-corrected chi connectivity index (χ2v) is 5.22. The molecular formula is C13H27NO2. The first-order chi connectivity index (χ1) is 7.67. The summed E-state index contributed by atoms with van der Waals surface area (Å²) in [6, 6.07) is 0.658. The molecule has 0 aromatic rings. The molecule has 0 saturated heterocycles. The van der Waals surface area contributed by atoms with Gasteiger partial charge in [0.1, 0.15) is 0 Å². The predicted octanol–water partition coefficient (Wildman–Crippen LogP) is 2.06. The van der Waals surface area contributed by atoms with Crippen molar-refractivity contribution in [2.45, 2.75) is 45.3 Å². The Labute approximate surface area is 99.9 Å². The maximum atomic E-state index is 5.35. The van der Waals surface area contributed by atoms with E-state index in [-0.39, 0.29) is 6.10 Å². The van der Waals surface area contributed by atoms with Crippen LogP contribution in [0.1, 0.15) is 33.1 Å². The third kappa shape index (κ3) is 4.40. The van der Waals surface area contributed by atoms with Crippen LogP contribution in [0, 0.1) is 11.8 Å². The van der Waals surface area contributed by atoms with E-state index in [0.717, 1.165) is 18.4 Å². The van der Waals surface area contributed by atoms with E-state index in [2.05, 4.69) is 19.2 Å². The average molecular weight is 229 g/mol. The Hall–Kier alpha value is -0.120. The fourth-order valence-corrected chi connectivity index (χ4v) is 2.65. The quantitative estimate of drug-likeness (QED) is 0.756. The lowest BCUT2D eigenvalue weighted by Gasteiger charge is -2.34. The zero-order chi connectivity index (χ0) is 12.0. The SMILES string of the molecule is COCC(CNC1CCC(C)CC1C)OC. The van der Waals surface area contributed by atoms with Gasteiger partial charge in [0.05, 0.1) is 12.7 Å². The van der Waals surface area contributed by atoms with Crippen LogP contribution in [0.25, 0.3) is 0 Å². The predicted molar refractivity (Wildman–Crippen MR) is 66.6 cm³/mol. The molecule has 1 rings (SSSR count). The van der Waals surface area contributed by atoms with Crippen LogP contribution in [-0.2, 0) is 9.47 Å². The molecule has 0 aliphatic heterocycles. The largest absolute Gasteiger partial charge is 0.382 e. The molecule has 96 valence electrons. The molecule has 0 spiro atoms. The Balaban J connectivity index is 2.25. The maximum Gasteiger partial charge on any atom is 0.0928 e. The molecule has 16 heavy (non-hydrogen) atoms. The molecule has 1 fully saturated rings. The molecule has 0 amide bonds. The standard InChI is InChI=1S/C13H27NO2/c1-10-5-6-13(11(2)7-10)14-8-12(16-4)9-15-3/h10-14H,5-9H2,1-4H3. The van der Waals surface area contributed by atoms with Crippen molar-refractivity contribution in [3.63, 3.8) is 0 Å². The van der Waals surface area contributed by atoms with E-state index in [9.17, 15) is 0 Å². The highest BCUT2D eigenvalue weighted by Gasteiger charge is 2.25. The van der Waals surface area contributed by atoms with E-state index < -0.39 is 0 Å². The molecule has 3 heteroatoms. The van der Waals surface area contributed by atoms with Crippen molar-refractivity contribution in [3.8, 4) is 0 Å². The highest BCUT2D eigenvalue weighted by molar-refractivity contribution is 4.81. The van der Waals surface area contributed by atoms with Crippen LogP contribution >= 0.6 is 0 Å². The fraction of sp³-hybridized carbons (Fsp3) is 1.00. The lowest BCUT2D eigenvalue weighted by Crippen LogP contribution is -2.43. The maximum absolute atomic E-state index is 5.35. The zero-order valence-electron chi connectivity index (χ0n) is 11.2. The third-order valence-corrected chi connectivity index (χ3v) is 3.73. The van der Waals surface area contributed by atoms with Gasteiger partial charge >= 0.3 is 0 Å². The molecule has 0 aromatic heterocycles. The number of nitrogens with one attached hydrogen (secondary N) is 1. The van der Waals surface area contributed by atoms with Crippen LogP contribution in [-0.4, -0.2) is 39.5 Å². The van der Waals surface area contributed by atoms with E-state index >= 15 is 0 Å². The van der Waals surface area contributed by atoms with Crippen LogP contribution in [0.4, 0.5) is 0 Å². The number of rotatable bonds is 6. The summed E-state index contributed by atoms with van der Waals surface area (Å²) < 4.78 is 10.5. The van der Waals surface area contributed by atoms with Crippen molar-refractivity contribution in [2.75, 3.05) is 27.4 Å². The first kappa shape index (κ1) is 13.9. The van der Waals surface area contributed by atoms with Gasteiger partial charge in [0.2, 0.25) is 0 Å². The third-order valence-electron chi connectivity index (χ3n) is 3.73. The Kier molecular flexibility index (Phi) is 6.32. The van der Waals surface area contributed by atoms with Crippen molar-refractivity contribution in [2.24, 2.45) is 11.8 Å². The van der Waals surface area contributed by atoms with Crippen LogP contribution in [0.2, 0.25) is 0 Å². The molecule has 1 saturated carbocycles. The summed E-state index contributed by atoms with van der Waals surface area (Å²) >= 11 is 0. The van der Waals surface area contributed by atoms with Crippen molar-refractivity contribution < 1.29 is 9.47 Å². The topological polar surface area (TPSA) is 30.5 Å². The second-order valence-electron chi connectivity index (χ2n) is 5.22. The summed E-state index contributed by atoms with van der Waals surface area (Å²) in [5.74, 6) is 1.68. The van der Waals surface area contributed by atoms with Crippen molar-refractivity contribution in [1.29, 1.82) is 0 Å². The minimum atomic E-state index is 0.177. The van der Waals surface area contributed by atoms with E-state index in [1.54, 1.807) is 14.2 Å². The Morgan fingerprint density at radius 3 is 2.56 bits per heavy atom. The zero-order valence-corrected chi connectivity index (χ0v) is 11.2. The monoisotopic (exact) mass is 229 g/mol. The Bertz CT molecular complexity index is 187. The molecule has 0 aromatic carbocycles. The molecule has 1 aliphatic rings. The molecule has 3 nitrogen and oxygen atoms in total. The van der Waals surface area contributed by atoms with Crippen LogP contribution in [0.15, 0.2) is 0 Å². The molecule has 1 aliphatic carbocycles. The molecule has 4 unspecified atom stereocenters. The normalized spacial score (nSPS) is 32.6. The van der Waals surface area contributed by atoms with Gasteiger partial charge in [0.15, 0.2) is 0 Å². The van der Waals surface area contributed by atoms with Crippen LogP contribution in [0.3, 0.4) is 0 Å². The van der Waals surface area contributed by atoms with Gasteiger partial charge in [-0.25, -0.2) is 0 Å². The van der Waals surface area contributed by atoms with Gasteiger partial charge in [-0.15, -0.1) is 0 Å². The first-order valence-electron chi connectivity index (χ1n) is 6.42. The number of methoxy groups -OCH3 is 2. The minimum absolute atomic E-state index is 0.177. The molecule has 0 heterocycles. The Morgan fingerprint density at radius 2 is 2.00 bits per heavy atom. The first-order valence-corrected chi connectivity index (χ1v) is 6.42. The average Bonchev–Trinajstić information content (AvgIpc) is 2.26. The van der Waals surface area contributed by atoms with E-state index in [0.29, 0.717) is 12.6 Å². The highest BCUT2D eigenvalue weighted by Crippen LogP contribution is 2.28. The lowest BCUT2D eigenvalue weighted by atomic mass is 9.80. The van der Waals surface area contributed by atoms with Crippen molar-refractivity contribution >= 4 is 0 Å². The highest BCUT2D eigenvalue weighted by atomic mass is 16.5. The van der Waals surface area contributed by atoms with Gasteiger partial charge in [0.25, 0.3) is 0 Å². The van der Waals surface area contributed by atoms with Gasteiger partial charge < -0.3 is 14.8 Å². The smallest absolute Gasteiger partial charge is 0.0928 e. The summed E-state index contributed by atoms with van der Waals surface area (Å²) in [7, 11) is 3.47. The summed E-state index contributed by atoms with van der Waals surface area (Å²) in [6.45, 7) is 6.27. The van der Waals surface area contributed by atoms with Gasteiger partial charge in [-0.1, -0.05) is 13.8 Å². The Morgan fingerprint density at radius 1 is 1.25 bits per heavy atom. The summed E-state index contributed by atoms with van der Waals surface area (Å²) in [5.41, 5.74) is 0. The molecule has 1 N–H and O–H groups in total. The van der Waals surface area contributed by atoms with Gasteiger partial charge in [-0.05, 0) is 31.1 Å². The van der Waals surface area contributed by atoms with Gasteiger partial charge in [-0.2, -0.15) is 0 Å². The molecule has 4 atom stereocenters. The summed E-state index contributed by atoms with van der Waals surface area (Å²) in [6.07, 6.45) is 4.17. The molecule has 0 radical (unpaired) electrons. The fourth-order valence-electron chi connectivity index (χ4n) is 2.65. The molecular weight excluding hydrogens is 202 g/mol. The van der Waals surface area contributed by atoms with Crippen LogP contribution in [0.5, 0.6) is 0 Å². The summed E-state index contributed by atoms with van der Waals surface area (Å²) in [4.78, 5) is 0. The van der Waals surface area contributed by atoms with Crippen LogP contribution < -0.4 is 5.32 Å². The number of hydrogen-bond donors (Lipinski definition) is 1. The number of hydrogen-bond acceptors (Lipinski definition) is 3. The minimum Gasteiger partial charge on any atom is -0.382 e. The molecule has 0 bridgehead atoms. The second kappa shape index (κ2) is 7.25. The van der Waals surface area contributed by atoms with Gasteiger partial charge in [-0.3, -0.25) is 0 Å². The van der Waals surface area contributed by atoms with Crippen molar-refractivity contribution in [3.05, 3.63) is 0 Å². The van der Waals surface area contributed by atoms with E-state index in [1.807, 2.05) is 0 Å². The summed E-state index contributed by atoms with van der Waals surface area (Å²) in [5, 5.41) is 3.62. The van der Waals surface area contributed by atoms with E-state index in [4.69, 9.17) is 9.47 Å². The van der Waals surface area contributed by atoms with Crippen molar-refractivity contribution in [1.82, 2.24) is 5.32 Å². The lowest BCUT2D eigenvalue weighted by molar-refractivity contribution is 0.0247. The van der Waals surface area contributed by atoms with Gasteiger partial charge in [0, 0.05) is 26.8 Å². The number of ether oxygens (including phenoxy) is 2. The van der Waals surface area contributed by atoms with E-state index in [1.165, 1.54) is 19.3 Å².